The van der Waals surface area contributed by atoms with E-state index < -0.39 is 0 Å². The Balaban J connectivity index is 2.46. The monoisotopic (exact) mass is 211 g/mol. The molecule has 1 aromatic rings. The van der Waals surface area contributed by atoms with Gasteiger partial charge in [-0.1, -0.05) is 6.92 Å². The van der Waals surface area contributed by atoms with Crippen molar-refractivity contribution in [3.8, 4) is 0 Å². The molecule has 0 bridgehead atoms. The number of furan rings is 1. The van der Waals surface area contributed by atoms with Gasteiger partial charge in [-0.2, -0.15) is 0 Å². The maximum absolute atomic E-state index is 5.60. The lowest BCUT2D eigenvalue weighted by Gasteiger charge is -2.17. The van der Waals surface area contributed by atoms with Gasteiger partial charge in [-0.3, -0.25) is 0 Å². The van der Waals surface area contributed by atoms with Crippen LogP contribution in [0.4, 0.5) is 0 Å². The van der Waals surface area contributed by atoms with Crippen LogP contribution in [-0.2, 0) is 4.74 Å². The molecule has 0 radical (unpaired) electrons. The van der Waals surface area contributed by atoms with Crippen molar-refractivity contribution in [3.05, 3.63) is 24.2 Å². The van der Waals surface area contributed by atoms with Gasteiger partial charge in [0.05, 0.1) is 25.0 Å². The lowest BCUT2D eigenvalue weighted by atomic mass is 10.2. The van der Waals surface area contributed by atoms with Crippen molar-refractivity contribution in [2.45, 2.75) is 39.3 Å². The highest BCUT2D eigenvalue weighted by molar-refractivity contribution is 5.04. The Bertz CT molecular complexity index is 244. The molecule has 0 aliphatic rings. The fraction of sp³-hybridized carbons (Fsp3) is 0.667. The first kappa shape index (κ1) is 12.3. The minimum Gasteiger partial charge on any atom is -0.468 e. The second kappa shape index (κ2) is 6.64. The summed E-state index contributed by atoms with van der Waals surface area (Å²) in [6.07, 6.45) is 3.07. The third-order valence-corrected chi connectivity index (χ3v) is 2.12. The summed E-state index contributed by atoms with van der Waals surface area (Å²) >= 11 is 0. The highest BCUT2D eigenvalue weighted by Gasteiger charge is 2.13. The van der Waals surface area contributed by atoms with Crippen LogP contribution in [0.5, 0.6) is 0 Å². The molecule has 0 amide bonds. The molecule has 0 fully saturated rings. The summed E-state index contributed by atoms with van der Waals surface area (Å²) in [6.45, 7) is 7.87. The van der Waals surface area contributed by atoms with Crippen LogP contribution in [0.1, 0.15) is 39.0 Å². The van der Waals surface area contributed by atoms with Gasteiger partial charge < -0.3 is 14.5 Å². The maximum atomic E-state index is 5.60. The van der Waals surface area contributed by atoms with Gasteiger partial charge in [0.1, 0.15) is 5.76 Å². The van der Waals surface area contributed by atoms with Crippen LogP contribution < -0.4 is 5.32 Å². The zero-order valence-corrected chi connectivity index (χ0v) is 9.82. The van der Waals surface area contributed by atoms with Crippen molar-refractivity contribution < 1.29 is 9.15 Å². The molecule has 1 aromatic heterocycles. The second-order valence-electron chi connectivity index (χ2n) is 3.90. The Kier molecular flexibility index (Phi) is 5.43. The van der Waals surface area contributed by atoms with Crippen LogP contribution in [0.3, 0.4) is 0 Å². The third kappa shape index (κ3) is 4.49. The molecule has 3 nitrogen and oxygen atoms in total. The number of nitrogens with one attached hydrogen (secondary N) is 1. The Morgan fingerprint density at radius 1 is 1.47 bits per heavy atom. The van der Waals surface area contributed by atoms with E-state index >= 15 is 0 Å². The summed E-state index contributed by atoms with van der Waals surface area (Å²) < 4.78 is 11.0. The molecule has 0 saturated heterocycles. The van der Waals surface area contributed by atoms with Crippen LogP contribution in [0.2, 0.25) is 0 Å². The van der Waals surface area contributed by atoms with Crippen molar-refractivity contribution in [3.63, 3.8) is 0 Å². The van der Waals surface area contributed by atoms with Crippen molar-refractivity contribution in [1.82, 2.24) is 5.32 Å². The Morgan fingerprint density at radius 2 is 2.27 bits per heavy atom. The smallest absolute Gasteiger partial charge is 0.123 e. The van der Waals surface area contributed by atoms with E-state index in [1.165, 1.54) is 0 Å². The van der Waals surface area contributed by atoms with Crippen LogP contribution in [0.15, 0.2) is 22.8 Å². The summed E-state index contributed by atoms with van der Waals surface area (Å²) in [5, 5.41) is 3.41. The maximum Gasteiger partial charge on any atom is 0.123 e. The molecule has 0 aliphatic heterocycles. The Morgan fingerprint density at radius 3 is 2.80 bits per heavy atom. The second-order valence-corrected chi connectivity index (χ2v) is 3.90. The van der Waals surface area contributed by atoms with E-state index in [-0.39, 0.29) is 12.1 Å². The Hall–Kier alpha value is -0.800. The summed E-state index contributed by atoms with van der Waals surface area (Å²) in [7, 11) is 0. The van der Waals surface area contributed by atoms with E-state index in [0.717, 1.165) is 18.7 Å². The van der Waals surface area contributed by atoms with Crippen LogP contribution >= 0.6 is 0 Å². The Labute approximate surface area is 91.8 Å². The van der Waals surface area contributed by atoms with E-state index in [0.29, 0.717) is 6.61 Å². The normalized spacial score (nSPS) is 13.3. The molecule has 1 heterocycles. The van der Waals surface area contributed by atoms with E-state index in [1.54, 1.807) is 6.26 Å². The molecule has 15 heavy (non-hydrogen) atoms. The van der Waals surface area contributed by atoms with Gasteiger partial charge in [0.15, 0.2) is 0 Å². The van der Waals surface area contributed by atoms with Gasteiger partial charge in [0, 0.05) is 0 Å². The lowest BCUT2D eigenvalue weighted by molar-refractivity contribution is 0.0568. The van der Waals surface area contributed by atoms with Gasteiger partial charge in [-0.25, -0.2) is 0 Å². The quantitative estimate of drug-likeness (QED) is 0.753. The van der Waals surface area contributed by atoms with Gasteiger partial charge in [-0.15, -0.1) is 0 Å². The first-order chi connectivity index (χ1) is 7.24. The first-order valence-electron chi connectivity index (χ1n) is 5.62. The summed E-state index contributed by atoms with van der Waals surface area (Å²) in [4.78, 5) is 0. The zero-order chi connectivity index (χ0) is 11.1. The number of hydrogen-bond acceptors (Lipinski definition) is 3. The van der Waals surface area contributed by atoms with Gasteiger partial charge in [0.25, 0.3) is 0 Å². The van der Waals surface area contributed by atoms with Gasteiger partial charge >= 0.3 is 0 Å². The van der Waals surface area contributed by atoms with Crippen molar-refractivity contribution in [2.24, 2.45) is 0 Å². The van der Waals surface area contributed by atoms with Gasteiger partial charge in [0.2, 0.25) is 0 Å². The number of rotatable bonds is 7. The highest BCUT2D eigenvalue weighted by atomic mass is 16.5. The molecule has 0 aliphatic carbocycles. The predicted molar refractivity (Wildman–Crippen MR) is 60.8 cm³/mol. The molecule has 1 N–H and O–H groups in total. The van der Waals surface area contributed by atoms with E-state index in [9.17, 15) is 0 Å². The predicted octanol–water partition coefficient (Wildman–Crippen LogP) is 2.75. The molecular weight excluding hydrogens is 190 g/mol. The van der Waals surface area contributed by atoms with Crippen LogP contribution in [0, 0.1) is 0 Å². The molecule has 1 unspecified atom stereocenters. The topological polar surface area (TPSA) is 34.4 Å². The molecule has 86 valence electrons. The number of hydrogen-bond donors (Lipinski definition) is 1. The fourth-order valence-corrected chi connectivity index (χ4v) is 1.34. The standard InChI is InChI=1S/C12H21NO2/c1-4-7-13-11(9-15-10(2)3)12-6-5-8-14-12/h5-6,8,10-11,13H,4,7,9H2,1-3H3. The lowest BCUT2D eigenvalue weighted by Crippen LogP contribution is -2.27. The minimum absolute atomic E-state index is 0.169. The highest BCUT2D eigenvalue weighted by Crippen LogP contribution is 2.14. The van der Waals surface area contributed by atoms with Crippen molar-refractivity contribution in [2.75, 3.05) is 13.2 Å². The summed E-state index contributed by atoms with van der Waals surface area (Å²) in [5.41, 5.74) is 0. The van der Waals surface area contributed by atoms with Crippen molar-refractivity contribution >= 4 is 0 Å². The molecule has 0 saturated carbocycles. The van der Waals surface area contributed by atoms with Gasteiger partial charge in [-0.05, 0) is 38.9 Å². The number of ether oxygens (including phenoxy) is 1. The molecule has 0 spiro atoms. The zero-order valence-electron chi connectivity index (χ0n) is 9.82. The summed E-state index contributed by atoms with van der Waals surface area (Å²) in [6, 6.07) is 4.06. The SMILES string of the molecule is CCCNC(COC(C)C)c1ccco1. The first-order valence-corrected chi connectivity index (χ1v) is 5.62. The minimum atomic E-state index is 0.169. The molecule has 1 rings (SSSR count). The summed E-state index contributed by atoms with van der Waals surface area (Å²) in [5.74, 6) is 0.948. The molecule has 0 aromatic carbocycles. The van der Waals surface area contributed by atoms with Crippen LogP contribution in [0.25, 0.3) is 0 Å². The van der Waals surface area contributed by atoms with Crippen molar-refractivity contribution in [1.29, 1.82) is 0 Å². The average Bonchev–Trinajstić information content (AvgIpc) is 2.71. The largest absolute Gasteiger partial charge is 0.468 e. The molecule has 3 heteroatoms. The fourth-order valence-electron chi connectivity index (χ4n) is 1.34. The molecular formula is C12H21NO2. The van der Waals surface area contributed by atoms with E-state index in [4.69, 9.17) is 9.15 Å². The molecule has 1 atom stereocenters. The van der Waals surface area contributed by atoms with Crippen LogP contribution in [-0.4, -0.2) is 19.3 Å². The van der Waals surface area contributed by atoms with E-state index in [2.05, 4.69) is 12.2 Å². The van der Waals surface area contributed by atoms with E-state index in [1.807, 2.05) is 26.0 Å². The third-order valence-electron chi connectivity index (χ3n) is 2.12. The average molecular weight is 211 g/mol.